The molecule has 1 unspecified atom stereocenters. The second-order valence-corrected chi connectivity index (χ2v) is 8.08. The van der Waals surface area contributed by atoms with Gasteiger partial charge in [0, 0.05) is 0 Å². The maximum Gasteiger partial charge on any atom is 0.396 e. The van der Waals surface area contributed by atoms with Crippen molar-refractivity contribution in [2.75, 3.05) is 11.1 Å². The molecule has 1 aromatic carbocycles. The number of nitrogens with zero attached hydrogens (tertiary/aromatic N) is 6. The van der Waals surface area contributed by atoms with Crippen molar-refractivity contribution in [3.05, 3.63) is 59.2 Å². The zero-order valence-electron chi connectivity index (χ0n) is 18.1. The van der Waals surface area contributed by atoms with E-state index in [0.29, 0.717) is 0 Å². The van der Waals surface area contributed by atoms with Gasteiger partial charge < -0.3 is 11.1 Å². The van der Waals surface area contributed by atoms with Crippen LogP contribution in [0.2, 0.25) is 0 Å². The molecule has 15 heteroatoms. The predicted molar refractivity (Wildman–Crippen MR) is 113 cm³/mol. The van der Waals surface area contributed by atoms with Crippen LogP contribution in [0.1, 0.15) is 35.0 Å². The average Bonchev–Trinajstić information content (AvgIpc) is 3.36. The van der Waals surface area contributed by atoms with Crippen LogP contribution in [0.5, 0.6) is 0 Å². The third kappa shape index (κ3) is 3.59. The van der Waals surface area contributed by atoms with Crippen molar-refractivity contribution >= 4 is 29.0 Å². The number of nitrogens with two attached hydrogens (primary N) is 1. The molecule has 0 aliphatic carbocycles. The smallest absolute Gasteiger partial charge is 0.383 e. The summed E-state index contributed by atoms with van der Waals surface area (Å²) in [5.74, 6) is -4.82. The first kappa shape index (κ1) is 23.2. The third-order valence-corrected chi connectivity index (χ3v) is 5.74. The van der Waals surface area contributed by atoms with E-state index in [1.54, 1.807) is 0 Å². The Bertz CT molecular complexity index is 1580. The molecule has 184 valence electrons. The molecule has 10 nitrogen and oxygen atoms in total. The van der Waals surface area contributed by atoms with Crippen LogP contribution in [0.15, 0.2) is 30.7 Å². The lowest BCUT2D eigenvalue weighted by atomic mass is 9.77. The Labute approximate surface area is 197 Å². The number of rotatable bonds is 4. The largest absolute Gasteiger partial charge is 0.396 e. The van der Waals surface area contributed by atoms with E-state index in [9.17, 15) is 31.5 Å². The van der Waals surface area contributed by atoms with Crippen molar-refractivity contribution in [1.29, 1.82) is 0 Å². The second-order valence-electron chi connectivity index (χ2n) is 8.08. The van der Waals surface area contributed by atoms with E-state index in [2.05, 4.69) is 30.4 Å². The molecule has 3 aromatic heterocycles. The zero-order chi connectivity index (χ0) is 26.0. The van der Waals surface area contributed by atoms with Crippen LogP contribution in [0.25, 0.3) is 17.2 Å². The molecule has 1 amide bonds. The number of ketones is 1. The number of hydrogen-bond donors (Lipinski definition) is 2. The summed E-state index contributed by atoms with van der Waals surface area (Å²) in [6, 6.07) is 2.94. The molecule has 36 heavy (non-hydrogen) atoms. The number of nitrogen functional groups attached to an aromatic ring is 1. The lowest BCUT2D eigenvalue weighted by molar-refractivity contribution is -0.125. The predicted octanol–water partition coefficient (Wildman–Crippen LogP) is 2.83. The van der Waals surface area contributed by atoms with Crippen LogP contribution >= 0.6 is 0 Å². The quantitative estimate of drug-likeness (QED) is 0.319. The zero-order valence-corrected chi connectivity index (χ0v) is 18.1. The Hall–Kier alpha value is -4.56. The van der Waals surface area contributed by atoms with Crippen molar-refractivity contribution in [3.63, 3.8) is 0 Å². The number of Topliss-reactive ketones (excluding diaryl/α,β-unsaturated/α-hetero) is 1. The molecular formula is C21H13F5N8O2. The summed E-state index contributed by atoms with van der Waals surface area (Å²) >= 11 is 0. The Balaban J connectivity index is 1.64. The molecular weight excluding hydrogens is 491 g/mol. The number of nitrogens with one attached hydrogen (secondary N) is 1. The average molecular weight is 504 g/mol. The van der Waals surface area contributed by atoms with Crippen LogP contribution in [0.4, 0.5) is 33.6 Å². The molecule has 0 saturated carbocycles. The number of alkyl halides is 3. The minimum atomic E-state index is -4.78. The van der Waals surface area contributed by atoms with E-state index in [1.807, 2.05) is 0 Å². The number of carbonyl (C=O) groups excluding carboxylic acids is 2. The number of fused-ring (bicyclic) bond motifs is 2. The van der Waals surface area contributed by atoms with Gasteiger partial charge in [0.15, 0.2) is 34.6 Å². The topological polar surface area (TPSA) is 141 Å². The van der Waals surface area contributed by atoms with E-state index in [4.69, 9.17) is 5.73 Å². The number of carbonyl (C=O) groups is 2. The number of hydrogen-bond acceptors (Lipinski definition) is 8. The lowest BCUT2D eigenvalue weighted by Gasteiger charge is -2.23. The van der Waals surface area contributed by atoms with Gasteiger partial charge in [-0.2, -0.15) is 18.3 Å². The maximum absolute atomic E-state index is 13.9. The Morgan fingerprint density at radius 3 is 2.61 bits per heavy atom. The van der Waals surface area contributed by atoms with Crippen molar-refractivity contribution in [3.8, 4) is 11.5 Å². The van der Waals surface area contributed by atoms with Gasteiger partial charge in [-0.1, -0.05) is 6.07 Å². The number of aromatic nitrogens is 6. The summed E-state index contributed by atoms with van der Waals surface area (Å²) in [6.45, 7) is 1.42. The van der Waals surface area contributed by atoms with Crippen LogP contribution in [-0.4, -0.2) is 47.4 Å². The molecule has 0 bridgehead atoms. The second kappa shape index (κ2) is 7.73. The standard InChI is InChI=1S/C21H13F5N8O2/c1-20(8-2-3-9(22)10(23)4-8)13-15(27)31-16(32-17(13)33-19(20)36)11-6-34-18(28-7-29-34)14(30-11)12(35)5-21(24,25)26/h2-4,6-7H,5H2,1H3,(H3,27,31,32,33,36). The summed E-state index contributed by atoms with van der Waals surface area (Å²) in [7, 11) is 0. The van der Waals surface area contributed by atoms with Crippen molar-refractivity contribution < 1.29 is 31.5 Å². The summed E-state index contributed by atoms with van der Waals surface area (Å²) < 4.78 is 66.9. The van der Waals surface area contributed by atoms with Crippen LogP contribution in [0.3, 0.4) is 0 Å². The molecule has 0 fully saturated rings. The maximum atomic E-state index is 13.9. The van der Waals surface area contributed by atoms with Gasteiger partial charge in [0.25, 0.3) is 0 Å². The van der Waals surface area contributed by atoms with E-state index in [-0.39, 0.29) is 39.9 Å². The van der Waals surface area contributed by atoms with E-state index in [0.717, 1.165) is 23.0 Å². The first-order valence-electron chi connectivity index (χ1n) is 10.1. The molecule has 0 radical (unpaired) electrons. The SMILES string of the molecule is CC1(c2ccc(F)c(F)c2)C(=O)Nc2nc(-c3cn4ncnc4c(C(=O)CC(F)(F)F)n3)nc(N)c21. The van der Waals surface area contributed by atoms with E-state index < -0.39 is 47.0 Å². The summed E-state index contributed by atoms with van der Waals surface area (Å²) in [5, 5.41) is 6.35. The van der Waals surface area contributed by atoms with Gasteiger partial charge in [0.05, 0.1) is 11.8 Å². The van der Waals surface area contributed by atoms with Crippen molar-refractivity contribution in [2.45, 2.75) is 24.9 Å². The first-order chi connectivity index (χ1) is 16.9. The van der Waals surface area contributed by atoms with Gasteiger partial charge in [-0.3, -0.25) is 9.59 Å². The molecule has 1 aliphatic rings. The highest BCUT2D eigenvalue weighted by Crippen LogP contribution is 2.45. The van der Waals surface area contributed by atoms with E-state index in [1.165, 1.54) is 19.2 Å². The normalized spacial score (nSPS) is 17.3. The van der Waals surface area contributed by atoms with E-state index >= 15 is 0 Å². The first-order valence-corrected chi connectivity index (χ1v) is 10.1. The highest BCUT2D eigenvalue weighted by molar-refractivity contribution is 6.09. The van der Waals surface area contributed by atoms with Crippen molar-refractivity contribution in [1.82, 2.24) is 29.5 Å². The minimum Gasteiger partial charge on any atom is -0.383 e. The summed E-state index contributed by atoms with van der Waals surface area (Å²) in [5.41, 5.74) is 3.73. The van der Waals surface area contributed by atoms with Crippen molar-refractivity contribution in [2.24, 2.45) is 0 Å². The highest BCUT2D eigenvalue weighted by Gasteiger charge is 2.48. The van der Waals surface area contributed by atoms with Gasteiger partial charge in [-0.05, 0) is 24.6 Å². The van der Waals surface area contributed by atoms with Gasteiger partial charge in [0.2, 0.25) is 5.91 Å². The molecule has 3 N–H and O–H groups in total. The van der Waals surface area contributed by atoms with Crippen LogP contribution in [-0.2, 0) is 10.2 Å². The number of amides is 1. The molecule has 4 aromatic rings. The number of benzene rings is 1. The molecule has 4 heterocycles. The molecule has 1 aliphatic heterocycles. The molecule has 0 spiro atoms. The Kier molecular flexibility index (Phi) is 4.98. The summed E-state index contributed by atoms with van der Waals surface area (Å²) in [4.78, 5) is 41.3. The summed E-state index contributed by atoms with van der Waals surface area (Å²) in [6.07, 6.45) is -4.31. The molecule has 0 saturated heterocycles. The van der Waals surface area contributed by atoms with Crippen LogP contribution in [0, 0.1) is 11.6 Å². The Morgan fingerprint density at radius 2 is 1.92 bits per heavy atom. The lowest BCUT2D eigenvalue weighted by Crippen LogP contribution is -2.33. The van der Waals surface area contributed by atoms with Gasteiger partial charge in [0.1, 0.15) is 35.5 Å². The molecule has 5 rings (SSSR count). The Morgan fingerprint density at radius 1 is 1.17 bits per heavy atom. The number of halogens is 5. The van der Waals surface area contributed by atoms with Crippen LogP contribution < -0.4 is 11.1 Å². The third-order valence-electron chi connectivity index (χ3n) is 5.74. The minimum absolute atomic E-state index is 0.0709. The van der Waals surface area contributed by atoms with Gasteiger partial charge >= 0.3 is 6.18 Å². The van der Waals surface area contributed by atoms with Gasteiger partial charge in [-0.15, -0.1) is 0 Å². The molecule has 1 atom stereocenters. The monoisotopic (exact) mass is 504 g/mol. The highest BCUT2D eigenvalue weighted by atomic mass is 19.4. The fourth-order valence-electron chi connectivity index (χ4n) is 3.99. The fourth-order valence-corrected chi connectivity index (χ4v) is 3.99. The fraction of sp³-hybridized carbons (Fsp3) is 0.190. The van der Waals surface area contributed by atoms with Gasteiger partial charge in [-0.25, -0.2) is 33.2 Å². The number of anilines is 2.